The smallest absolute Gasteiger partial charge is 0.396 e. The van der Waals surface area contributed by atoms with E-state index in [4.69, 9.17) is 14.0 Å². The van der Waals surface area contributed by atoms with Crippen molar-refractivity contribution in [1.29, 1.82) is 0 Å². The van der Waals surface area contributed by atoms with Gasteiger partial charge in [0, 0.05) is 18.2 Å². The van der Waals surface area contributed by atoms with Gasteiger partial charge in [0.25, 0.3) is 0 Å². The van der Waals surface area contributed by atoms with E-state index in [9.17, 15) is 9.59 Å². The van der Waals surface area contributed by atoms with Crippen LogP contribution in [0.2, 0.25) is 0 Å². The number of aromatic nitrogens is 1. The third-order valence-corrected chi connectivity index (χ3v) is 3.22. The van der Waals surface area contributed by atoms with Gasteiger partial charge in [-0.15, -0.1) is 0 Å². The lowest BCUT2D eigenvalue weighted by atomic mass is 10.1. The van der Waals surface area contributed by atoms with Crippen LogP contribution in [0.15, 0.2) is 16.2 Å². The van der Waals surface area contributed by atoms with Crippen LogP contribution in [0, 0.1) is 6.92 Å². The van der Waals surface area contributed by atoms with Gasteiger partial charge in [-0.1, -0.05) is 5.16 Å². The Morgan fingerprint density at radius 3 is 2.63 bits per heavy atom. The highest BCUT2D eigenvalue weighted by Gasteiger charge is 2.57. The fraction of sp³-hybridized carbons (Fsp3) is 0.417. The number of hydrogen-bond acceptors (Lipinski definition) is 7. The second-order valence-electron chi connectivity index (χ2n) is 4.57. The van der Waals surface area contributed by atoms with Gasteiger partial charge in [-0.2, -0.15) is 0 Å². The molecule has 100 valence electrons. The first-order valence-electron chi connectivity index (χ1n) is 5.83. The van der Waals surface area contributed by atoms with Crippen molar-refractivity contribution in [3.63, 3.8) is 0 Å². The summed E-state index contributed by atoms with van der Waals surface area (Å²) in [6.07, 6.45) is 2.30. The van der Waals surface area contributed by atoms with Gasteiger partial charge in [0.1, 0.15) is 0 Å². The molecule has 0 saturated carbocycles. The molecular formula is C12H12N2O5. The van der Waals surface area contributed by atoms with Gasteiger partial charge >= 0.3 is 17.8 Å². The first-order valence-corrected chi connectivity index (χ1v) is 5.83. The molecule has 1 aromatic rings. The first kappa shape index (κ1) is 11.9. The zero-order valence-corrected chi connectivity index (χ0v) is 10.5. The largest absolute Gasteiger partial charge is 0.422 e. The summed E-state index contributed by atoms with van der Waals surface area (Å²) in [5.41, 5.74) is 1.40. The molecule has 2 saturated heterocycles. The van der Waals surface area contributed by atoms with Crippen molar-refractivity contribution in [2.24, 2.45) is 0 Å². The lowest BCUT2D eigenvalue weighted by Crippen LogP contribution is -2.43. The zero-order valence-electron chi connectivity index (χ0n) is 10.5. The van der Waals surface area contributed by atoms with Crippen molar-refractivity contribution in [2.45, 2.75) is 19.3 Å². The summed E-state index contributed by atoms with van der Waals surface area (Å²) in [6, 6.07) is 1.75. The van der Waals surface area contributed by atoms with Crippen LogP contribution < -0.4 is 0 Å². The van der Waals surface area contributed by atoms with Crippen LogP contribution >= 0.6 is 0 Å². The maximum atomic E-state index is 11.3. The van der Waals surface area contributed by atoms with Gasteiger partial charge in [0.15, 0.2) is 5.76 Å². The minimum atomic E-state index is -1.42. The summed E-state index contributed by atoms with van der Waals surface area (Å²) in [7, 11) is 1.72. The molecule has 7 nitrogen and oxygen atoms in total. The molecule has 0 amide bonds. The topological polar surface area (TPSA) is 81.9 Å². The van der Waals surface area contributed by atoms with E-state index < -0.39 is 17.8 Å². The number of likely N-dealkylation sites (tertiary alicyclic amines) is 1. The third-order valence-electron chi connectivity index (χ3n) is 3.22. The Kier molecular flexibility index (Phi) is 2.46. The molecule has 0 bridgehead atoms. The fourth-order valence-corrected chi connectivity index (χ4v) is 2.27. The predicted octanol–water partition coefficient (Wildman–Crippen LogP) is 0.456. The van der Waals surface area contributed by atoms with Gasteiger partial charge in [0.05, 0.1) is 5.69 Å². The molecule has 7 heteroatoms. The fourth-order valence-electron chi connectivity index (χ4n) is 2.27. The standard InChI is InChI=1S/C12H12N2O5/c1-7-5-9(19-13-7)6-8-3-4-14(2)12(8)17-10(15)11(16)18-12/h5-6H,3-4H2,1-2H3/b8-6+. The Bertz CT molecular complexity index is 573. The van der Waals surface area contributed by atoms with Crippen LogP contribution in [0.5, 0.6) is 0 Å². The summed E-state index contributed by atoms with van der Waals surface area (Å²) in [4.78, 5) is 24.3. The second-order valence-corrected chi connectivity index (χ2v) is 4.57. The minimum absolute atomic E-state index is 0.529. The van der Waals surface area contributed by atoms with Crippen LogP contribution in [0.4, 0.5) is 0 Å². The van der Waals surface area contributed by atoms with E-state index in [-0.39, 0.29) is 0 Å². The number of nitrogens with zero attached hydrogens (tertiary/aromatic N) is 2. The number of hydrogen-bond donors (Lipinski definition) is 0. The van der Waals surface area contributed by atoms with E-state index in [1.165, 1.54) is 0 Å². The van der Waals surface area contributed by atoms with Crippen LogP contribution in [0.1, 0.15) is 17.9 Å². The highest BCUT2D eigenvalue weighted by Crippen LogP contribution is 2.40. The molecule has 19 heavy (non-hydrogen) atoms. The zero-order chi connectivity index (χ0) is 13.6. The van der Waals surface area contributed by atoms with E-state index in [0.29, 0.717) is 24.3 Å². The van der Waals surface area contributed by atoms with Gasteiger partial charge < -0.3 is 14.0 Å². The predicted molar refractivity (Wildman–Crippen MR) is 61.4 cm³/mol. The summed E-state index contributed by atoms with van der Waals surface area (Å²) < 4.78 is 15.3. The number of carbonyl (C=O) groups is 2. The summed E-state index contributed by atoms with van der Waals surface area (Å²) in [6.45, 7) is 2.41. The molecule has 0 aliphatic carbocycles. The summed E-state index contributed by atoms with van der Waals surface area (Å²) >= 11 is 0. The van der Waals surface area contributed by atoms with Crippen molar-refractivity contribution in [3.8, 4) is 0 Å². The number of aryl methyl sites for hydroxylation is 1. The van der Waals surface area contributed by atoms with Crippen LogP contribution in [0.3, 0.4) is 0 Å². The SMILES string of the molecule is Cc1cc(/C=C2\CCN(C)C23OC(=O)C(=O)O3)on1. The van der Waals surface area contributed by atoms with E-state index in [2.05, 4.69) is 5.16 Å². The maximum Gasteiger partial charge on any atom is 0.422 e. The molecule has 0 atom stereocenters. The maximum absolute atomic E-state index is 11.3. The van der Waals surface area contributed by atoms with Crippen molar-refractivity contribution in [3.05, 3.63) is 23.1 Å². The Morgan fingerprint density at radius 1 is 1.37 bits per heavy atom. The molecular weight excluding hydrogens is 252 g/mol. The Hall–Kier alpha value is -2.15. The molecule has 0 N–H and O–H groups in total. The van der Waals surface area contributed by atoms with Crippen molar-refractivity contribution in [2.75, 3.05) is 13.6 Å². The molecule has 1 spiro atoms. The van der Waals surface area contributed by atoms with E-state index in [0.717, 1.165) is 5.69 Å². The number of ether oxygens (including phenoxy) is 2. The average Bonchev–Trinajstić information content (AvgIpc) is 2.97. The second kappa shape index (κ2) is 3.92. The monoisotopic (exact) mass is 264 g/mol. The highest BCUT2D eigenvalue weighted by atomic mass is 16.8. The van der Waals surface area contributed by atoms with Crippen LogP contribution in [-0.4, -0.2) is 41.5 Å². The minimum Gasteiger partial charge on any atom is -0.396 e. The van der Waals surface area contributed by atoms with Gasteiger partial charge in [-0.3, -0.25) is 0 Å². The number of carbonyl (C=O) groups excluding carboxylic acids is 2. The van der Waals surface area contributed by atoms with Gasteiger partial charge in [-0.05, 0) is 26.5 Å². The summed E-state index contributed by atoms with van der Waals surface area (Å²) in [5, 5.41) is 3.77. The van der Waals surface area contributed by atoms with Gasteiger partial charge in [0.2, 0.25) is 0 Å². The highest BCUT2D eigenvalue weighted by molar-refractivity contribution is 6.31. The molecule has 3 heterocycles. The number of rotatable bonds is 1. The van der Waals surface area contributed by atoms with Crippen LogP contribution in [0.25, 0.3) is 6.08 Å². The Morgan fingerprint density at radius 2 is 2.05 bits per heavy atom. The molecule has 0 radical (unpaired) electrons. The number of esters is 2. The Balaban J connectivity index is 1.99. The van der Waals surface area contributed by atoms with E-state index in [1.807, 2.05) is 0 Å². The molecule has 2 aliphatic rings. The number of likely N-dealkylation sites (N-methyl/N-ethyl adjacent to an activating group) is 1. The first-order chi connectivity index (χ1) is 9.01. The lowest BCUT2D eigenvalue weighted by Gasteiger charge is -2.27. The quantitative estimate of drug-likeness (QED) is 0.538. The molecule has 0 aromatic carbocycles. The molecule has 2 aliphatic heterocycles. The van der Waals surface area contributed by atoms with Crippen molar-refractivity contribution in [1.82, 2.24) is 10.1 Å². The molecule has 2 fully saturated rings. The van der Waals surface area contributed by atoms with E-state index in [1.54, 1.807) is 31.0 Å². The lowest BCUT2D eigenvalue weighted by molar-refractivity contribution is -0.208. The van der Waals surface area contributed by atoms with Crippen molar-refractivity contribution >= 4 is 18.0 Å². The molecule has 3 rings (SSSR count). The average molecular weight is 264 g/mol. The van der Waals surface area contributed by atoms with E-state index >= 15 is 0 Å². The molecule has 1 aromatic heterocycles. The van der Waals surface area contributed by atoms with Crippen LogP contribution in [-0.2, 0) is 19.1 Å². The van der Waals surface area contributed by atoms with Crippen molar-refractivity contribution < 1.29 is 23.6 Å². The molecule has 0 unspecified atom stereocenters. The summed E-state index contributed by atoms with van der Waals surface area (Å²) in [5.74, 6) is -2.85. The Labute approximate surface area is 108 Å². The normalized spacial score (nSPS) is 24.2. The third kappa shape index (κ3) is 1.74. The van der Waals surface area contributed by atoms with Gasteiger partial charge in [-0.25, -0.2) is 14.5 Å².